The lowest BCUT2D eigenvalue weighted by Gasteiger charge is -2.23. The minimum Gasteiger partial charge on any atom is -0.507 e. The first kappa shape index (κ1) is 26.7. The molecule has 1 fully saturated rings. The van der Waals surface area contributed by atoms with E-state index in [4.69, 9.17) is 21.1 Å². The van der Waals surface area contributed by atoms with Gasteiger partial charge in [-0.15, -0.1) is 0 Å². The van der Waals surface area contributed by atoms with E-state index in [1.165, 1.54) is 16.2 Å². The van der Waals surface area contributed by atoms with E-state index in [2.05, 4.69) is 4.98 Å². The lowest BCUT2D eigenvalue weighted by molar-refractivity contribution is -0.132. The second-order valence-electron chi connectivity index (χ2n) is 9.07. The van der Waals surface area contributed by atoms with Gasteiger partial charge in [-0.3, -0.25) is 14.5 Å². The average Bonchev–Trinajstić information content (AvgIpc) is 3.48. The SMILES string of the molecule is CCCOc1ccc(C2/C(=C(\O)c3cccc(OCCC)c3)C(=O)C(=O)N2c2nc3ccc(Cl)cc3s2)cc1. The number of carbonyl (C=O) groups is 2. The molecule has 0 spiro atoms. The monoisotopic (exact) mass is 562 g/mol. The highest BCUT2D eigenvalue weighted by Gasteiger charge is 2.48. The number of benzene rings is 3. The van der Waals surface area contributed by atoms with E-state index in [-0.39, 0.29) is 11.3 Å². The van der Waals surface area contributed by atoms with Crippen molar-refractivity contribution in [2.24, 2.45) is 0 Å². The van der Waals surface area contributed by atoms with Crippen molar-refractivity contribution in [2.45, 2.75) is 32.7 Å². The number of rotatable bonds is 9. The van der Waals surface area contributed by atoms with E-state index in [0.29, 0.717) is 51.5 Å². The fourth-order valence-electron chi connectivity index (χ4n) is 4.41. The molecule has 1 aliphatic rings. The number of thiazole rings is 1. The lowest BCUT2D eigenvalue weighted by atomic mass is 9.95. The molecule has 3 aromatic carbocycles. The Hall–Kier alpha value is -3.88. The molecule has 0 aliphatic carbocycles. The molecule has 9 heteroatoms. The number of halogens is 1. The van der Waals surface area contributed by atoms with Gasteiger partial charge in [0.05, 0.1) is 35.0 Å². The Balaban J connectivity index is 1.64. The number of nitrogens with zero attached hydrogens (tertiary/aromatic N) is 2. The molecule has 7 nitrogen and oxygen atoms in total. The number of amides is 1. The standard InChI is InChI=1S/C30H27ClN2O5S/c1-3-14-37-21-11-8-18(9-12-21)26-25(27(34)19-6-5-7-22(16-19)38-15-4-2)28(35)29(36)33(26)30-32-23-13-10-20(31)17-24(23)39-30/h5-13,16-17,26,34H,3-4,14-15H2,1-2H3/b27-25+. The summed E-state index contributed by atoms with van der Waals surface area (Å²) < 4.78 is 12.2. The molecule has 0 radical (unpaired) electrons. The Morgan fingerprint density at radius 1 is 0.974 bits per heavy atom. The highest BCUT2D eigenvalue weighted by atomic mass is 35.5. The first-order valence-electron chi connectivity index (χ1n) is 12.7. The fourth-order valence-corrected chi connectivity index (χ4v) is 5.68. The van der Waals surface area contributed by atoms with Gasteiger partial charge in [0.2, 0.25) is 0 Å². The third-order valence-corrected chi connectivity index (χ3v) is 7.49. The van der Waals surface area contributed by atoms with Crippen LogP contribution in [-0.4, -0.2) is 35.0 Å². The highest BCUT2D eigenvalue weighted by Crippen LogP contribution is 2.45. The van der Waals surface area contributed by atoms with Gasteiger partial charge in [-0.1, -0.05) is 61.1 Å². The fraction of sp³-hybridized carbons (Fsp3) is 0.233. The van der Waals surface area contributed by atoms with Gasteiger partial charge in [0.1, 0.15) is 17.3 Å². The Morgan fingerprint density at radius 2 is 1.69 bits per heavy atom. The van der Waals surface area contributed by atoms with Crippen molar-refractivity contribution in [3.05, 3.63) is 88.5 Å². The third-order valence-electron chi connectivity index (χ3n) is 6.24. The highest BCUT2D eigenvalue weighted by molar-refractivity contribution is 7.22. The molecule has 1 unspecified atom stereocenters. The molecular weight excluding hydrogens is 536 g/mol. The Labute approximate surface area is 235 Å². The Kier molecular flexibility index (Phi) is 7.86. The number of aliphatic hydroxyl groups excluding tert-OH is 1. The number of ketones is 1. The van der Waals surface area contributed by atoms with Crippen molar-refractivity contribution in [3.8, 4) is 11.5 Å². The largest absolute Gasteiger partial charge is 0.507 e. The van der Waals surface area contributed by atoms with Crippen molar-refractivity contribution in [3.63, 3.8) is 0 Å². The third kappa shape index (κ3) is 5.35. The van der Waals surface area contributed by atoms with E-state index < -0.39 is 17.7 Å². The summed E-state index contributed by atoms with van der Waals surface area (Å²) in [5, 5.41) is 12.4. The van der Waals surface area contributed by atoms with Crippen molar-refractivity contribution in [1.82, 2.24) is 4.98 Å². The quantitative estimate of drug-likeness (QED) is 0.132. The van der Waals surface area contributed by atoms with Crippen molar-refractivity contribution < 1.29 is 24.2 Å². The molecule has 1 atom stereocenters. The van der Waals surface area contributed by atoms with Crippen LogP contribution in [0.5, 0.6) is 11.5 Å². The normalized spacial score (nSPS) is 16.7. The molecule has 2 heterocycles. The zero-order valence-electron chi connectivity index (χ0n) is 21.5. The summed E-state index contributed by atoms with van der Waals surface area (Å²) in [4.78, 5) is 33.0. The van der Waals surface area contributed by atoms with E-state index >= 15 is 0 Å². The van der Waals surface area contributed by atoms with Crippen LogP contribution >= 0.6 is 22.9 Å². The molecule has 1 aliphatic heterocycles. The second kappa shape index (κ2) is 11.5. The molecule has 5 rings (SSSR count). The number of aromatic nitrogens is 1. The molecule has 1 amide bonds. The second-order valence-corrected chi connectivity index (χ2v) is 10.5. The Bertz CT molecular complexity index is 1560. The molecule has 39 heavy (non-hydrogen) atoms. The van der Waals surface area contributed by atoms with Gasteiger partial charge in [-0.05, 0) is 60.9 Å². The van der Waals surface area contributed by atoms with Gasteiger partial charge in [0.15, 0.2) is 5.13 Å². The molecule has 0 bridgehead atoms. The molecule has 4 aromatic rings. The van der Waals surface area contributed by atoms with Gasteiger partial charge in [-0.2, -0.15) is 0 Å². The number of hydrogen-bond donors (Lipinski definition) is 1. The molecule has 1 aromatic heterocycles. The van der Waals surface area contributed by atoms with E-state index in [9.17, 15) is 14.7 Å². The van der Waals surface area contributed by atoms with Crippen LogP contribution in [-0.2, 0) is 9.59 Å². The van der Waals surface area contributed by atoms with Crippen LogP contribution in [0.4, 0.5) is 5.13 Å². The van der Waals surface area contributed by atoms with Gasteiger partial charge in [-0.25, -0.2) is 4.98 Å². The predicted molar refractivity (Wildman–Crippen MR) is 154 cm³/mol. The maximum Gasteiger partial charge on any atom is 0.301 e. The van der Waals surface area contributed by atoms with E-state index in [0.717, 1.165) is 17.5 Å². The van der Waals surface area contributed by atoms with Gasteiger partial charge in [0.25, 0.3) is 5.78 Å². The van der Waals surface area contributed by atoms with E-state index in [1.807, 2.05) is 13.8 Å². The molecule has 0 saturated carbocycles. The average molecular weight is 563 g/mol. The van der Waals surface area contributed by atoms with Crippen molar-refractivity contribution in [1.29, 1.82) is 0 Å². The van der Waals surface area contributed by atoms with Crippen molar-refractivity contribution in [2.75, 3.05) is 18.1 Å². The molecule has 1 saturated heterocycles. The minimum absolute atomic E-state index is 0.0212. The van der Waals surface area contributed by atoms with Crippen LogP contribution in [0.3, 0.4) is 0 Å². The zero-order valence-corrected chi connectivity index (χ0v) is 23.1. The molecular formula is C30H27ClN2O5S. The summed E-state index contributed by atoms with van der Waals surface area (Å²) in [5.74, 6) is -0.601. The smallest absolute Gasteiger partial charge is 0.301 e. The lowest BCUT2D eigenvalue weighted by Crippen LogP contribution is -2.29. The van der Waals surface area contributed by atoms with Crippen LogP contribution in [0.15, 0.2) is 72.3 Å². The number of hydrogen-bond acceptors (Lipinski definition) is 7. The number of Topliss-reactive ketones (excluding diaryl/α,β-unsaturated/α-hetero) is 1. The molecule has 1 N–H and O–H groups in total. The van der Waals surface area contributed by atoms with Crippen molar-refractivity contribution >= 4 is 55.7 Å². The van der Waals surface area contributed by atoms with E-state index in [1.54, 1.807) is 66.7 Å². The van der Waals surface area contributed by atoms with Gasteiger partial charge >= 0.3 is 5.91 Å². The maximum absolute atomic E-state index is 13.5. The number of anilines is 1. The van der Waals surface area contributed by atoms with Crippen LogP contribution in [0.1, 0.15) is 43.9 Å². The number of carbonyl (C=O) groups excluding carboxylic acids is 2. The minimum atomic E-state index is -0.901. The van der Waals surface area contributed by atoms with Crippen LogP contribution in [0.2, 0.25) is 5.02 Å². The summed E-state index contributed by atoms with van der Waals surface area (Å²) >= 11 is 7.43. The van der Waals surface area contributed by atoms with Crippen LogP contribution < -0.4 is 14.4 Å². The Morgan fingerprint density at radius 3 is 2.41 bits per heavy atom. The number of fused-ring (bicyclic) bond motifs is 1. The zero-order chi connectivity index (χ0) is 27.5. The topological polar surface area (TPSA) is 89.0 Å². The van der Waals surface area contributed by atoms with Crippen LogP contribution in [0.25, 0.3) is 16.0 Å². The molecule has 200 valence electrons. The number of ether oxygens (including phenoxy) is 2. The maximum atomic E-state index is 13.5. The summed E-state index contributed by atoms with van der Waals surface area (Å²) in [6, 6.07) is 18.4. The predicted octanol–water partition coefficient (Wildman–Crippen LogP) is 7.15. The summed E-state index contributed by atoms with van der Waals surface area (Å²) in [5.41, 5.74) is 1.65. The van der Waals surface area contributed by atoms with Gasteiger partial charge in [0, 0.05) is 10.6 Å². The van der Waals surface area contributed by atoms with Crippen LogP contribution in [0, 0.1) is 0 Å². The van der Waals surface area contributed by atoms with Gasteiger partial charge < -0.3 is 14.6 Å². The number of aliphatic hydroxyl groups is 1. The summed E-state index contributed by atoms with van der Waals surface area (Å²) in [6.07, 6.45) is 1.69. The first-order valence-corrected chi connectivity index (χ1v) is 13.9. The first-order chi connectivity index (χ1) is 18.9. The summed E-state index contributed by atoms with van der Waals surface area (Å²) in [7, 11) is 0. The summed E-state index contributed by atoms with van der Waals surface area (Å²) in [6.45, 7) is 5.11.